The van der Waals surface area contributed by atoms with Gasteiger partial charge in [0.25, 0.3) is 0 Å². The molecule has 2 rings (SSSR count). The Morgan fingerprint density at radius 2 is 1.94 bits per heavy atom. The third-order valence-corrected chi connectivity index (χ3v) is 4.00. The molecule has 2 N–H and O–H groups in total. The van der Waals surface area contributed by atoms with Crippen LogP contribution in [0, 0.1) is 5.92 Å². The van der Waals surface area contributed by atoms with Crippen LogP contribution >= 0.6 is 0 Å². The summed E-state index contributed by atoms with van der Waals surface area (Å²) >= 11 is 0. The van der Waals surface area contributed by atoms with Crippen LogP contribution < -0.4 is 10.6 Å². The van der Waals surface area contributed by atoms with Crippen LogP contribution in [0.3, 0.4) is 0 Å². The highest BCUT2D eigenvalue weighted by molar-refractivity contribution is 5.56. The number of hydrogen-bond acceptors (Lipinski definition) is 3. The molecule has 1 aromatic carbocycles. The monoisotopic (exact) mass is 247 g/mol. The molecule has 1 heterocycles. The molecule has 3 heteroatoms. The Balaban J connectivity index is 2.24. The second kappa shape index (κ2) is 5.29. The number of rotatable bonds is 3. The van der Waals surface area contributed by atoms with E-state index in [0.29, 0.717) is 12.0 Å². The van der Waals surface area contributed by atoms with Crippen LogP contribution in [0.5, 0.6) is 0 Å². The van der Waals surface area contributed by atoms with E-state index < -0.39 is 0 Å². The van der Waals surface area contributed by atoms with Crippen molar-refractivity contribution in [1.82, 2.24) is 4.90 Å². The lowest BCUT2D eigenvalue weighted by molar-refractivity contribution is 0.266. The zero-order chi connectivity index (χ0) is 13.3. The predicted molar refractivity (Wildman–Crippen MR) is 77.9 cm³/mol. The number of anilines is 1. The molecule has 1 aliphatic heterocycles. The van der Waals surface area contributed by atoms with Crippen LogP contribution in [-0.4, -0.2) is 38.1 Å². The number of nitrogens with two attached hydrogens (primary N) is 1. The lowest BCUT2D eigenvalue weighted by Gasteiger charge is -2.25. The van der Waals surface area contributed by atoms with Gasteiger partial charge in [0.2, 0.25) is 0 Å². The van der Waals surface area contributed by atoms with E-state index in [1.54, 1.807) is 0 Å². The highest BCUT2D eigenvalue weighted by Gasteiger charge is 2.31. The van der Waals surface area contributed by atoms with Crippen molar-refractivity contribution >= 4 is 5.69 Å². The van der Waals surface area contributed by atoms with Crippen LogP contribution in [-0.2, 0) is 0 Å². The van der Waals surface area contributed by atoms with Crippen LogP contribution in [0.4, 0.5) is 5.69 Å². The fourth-order valence-electron chi connectivity index (χ4n) is 2.98. The topological polar surface area (TPSA) is 32.5 Å². The van der Waals surface area contributed by atoms with Gasteiger partial charge in [-0.05, 0) is 38.6 Å². The second-order valence-electron chi connectivity index (χ2n) is 5.76. The minimum atomic E-state index is 0.0925. The molecule has 3 nitrogen and oxygen atoms in total. The van der Waals surface area contributed by atoms with Gasteiger partial charge in [0, 0.05) is 30.9 Å². The third-order valence-electron chi connectivity index (χ3n) is 4.00. The molecule has 0 bridgehead atoms. The minimum Gasteiger partial charge on any atom is -0.369 e. The van der Waals surface area contributed by atoms with E-state index in [-0.39, 0.29) is 6.04 Å². The molecule has 0 aromatic heterocycles. The Morgan fingerprint density at radius 3 is 2.50 bits per heavy atom. The van der Waals surface area contributed by atoms with Crippen LogP contribution in [0.15, 0.2) is 24.3 Å². The molecule has 1 saturated heterocycles. The lowest BCUT2D eigenvalue weighted by Crippen LogP contribution is -2.34. The summed E-state index contributed by atoms with van der Waals surface area (Å²) in [6, 6.07) is 9.25. The Bertz CT molecular complexity index is 400. The van der Waals surface area contributed by atoms with Crippen molar-refractivity contribution in [2.45, 2.75) is 25.9 Å². The molecule has 0 amide bonds. The van der Waals surface area contributed by atoms with E-state index in [9.17, 15) is 0 Å². The van der Waals surface area contributed by atoms with Crippen molar-refractivity contribution in [1.29, 1.82) is 0 Å². The summed E-state index contributed by atoms with van der Waals surface area (Å²) in [5, 5.41) is 0. The first-order valence-electron chi connectivity index (χ1n) is 6.76. The summed E-state index contributed by atoms with van der Waals surface area (Å²) in [5.41, 5.74) is 8.64. The van der Waals surface area contributed by atoms with Gasteiger partial charge in [-0.25, -0.2) is 0 Å². The highest BCUT2D eigenvalue weighted by Crippen LogP contribution is 2.30. The van der Waals surface area contributed by atoms with Crippen molar-refractivity contribution in [3.63, 3.8) is 0 Å². The van der Waals surface area contributed by atoms with E-state index in [1.807, 2.05) is 0 Å². The maximum Gasteiger partial charge on any atom is 0.0415 e. The molecule has 100 valence electrons. The van der Waals surface area contributed by atoms with Gasteiger partial charge in [-0.2, -0.15) is 0 Å². The van der Waals surface area contributed by atoms with Gasteiger partial charge in [-0.15, -0.1) is 0 Å². The molecule has 0 aliphatic carbocycles. The van der Waals surface area contributed by atoms with E-state index in [1.165, 1.54) is 11.3 Å². The number of nitrogens with zero attached hydrogens (tertiary/aromatic N) is 2. The van der Waals surface area contributed by atoms with Crippen molar-refractivity contribution in [2.75, 3.05) is 32.1 Å². The summed E-state index contributed by atoms with van der Waals surface area (Å²) < 4.78 is 0. The SMILES string of the molecule is CC(N)c1ccccc1N1CC(C)C(N(C)C)C1. The quantitative estimate of drug-likeness (QED) is 0.888. The summed E-state index contributed by atoms with van der Waals surface area (Å²) in [7, 11) is 4.34. The zero-order valence-corrected chi connectivity index (χ0v) is 11.9. The molecular formula is C15H25N3. The van der Waals surface area contributed by atoms with Crippen molar-refractivity contribution in [3.05, 3.63) is 29.8 Å². The van der Waals surface area contributed by atoms with Gasteiger partial charge in [-0.3, -0.25) is 0 Å². The summed E-state index contributed by atoms with van der Waals surface area (Å²) in [4.78, 5) is 4.81. The number of para-hydroxylation sites is 1. The average Bonchev–Trinajstić information content (AvgIpc) is 2.71. The molecular weight excluding hydrogens is 222 g/mol. The average molecular weight is 247 g/mol. The first kappa shape index (κ1) is 13.4. The summed E-state index contributed by atoms with van der Waals surface area (Å²) in [6.45, 7) is 6.60. The Hall–Kier alpha value is -1.06. The number of benzene rings is 1. The summed E-state index contributed by atoms with van der Waals surface area (Å²) in [5.74, 6) is 0.695. The molecule has 1 fully saturated rings. The van der Waals surface area contributed by atoms with Gasteiger partial charge >= 0.3 is 0 Å². The van der Waals surface area contributed by atoms with Crippen molar-refractivity contribution in [3.8, 4) is 0 Å². The van der Waals surface area contributed by atoms with E-state index in [2.05, 4.69) is 62.0 Å². The van der Waals surface area contributed by atoms with Gasteiger partial charge in [0.15, 0.2) is 0 Å². The third kappa shape index (κ3) is 2.52. The Kier molecular flexibility index (Phi) is 3.93. The molecule has 1 aromatic rings. The van der Waals surface area contributed by atoms with Gasteiger partial charge < -0.3 is 15.5 Å². The molecule has 0 radical (unpaired) electrons. The molecule has 0 spiro atoms. The zero-order valence-electron chi connectivity index (χ0n) is 11.9. The Morgan fingerprint density at radius 1 is 1.28 bits per heavy atom. The highest BCUT2D eigenvalue weighted by atomic mass is 15.2. The van der Waals surface area contributed by atoms with Crippen LogP contribution in [0.25, 0.3) is 0 Å². The molecule has 3 unspecified atom stereocenters. The fraction of sp³-hybridized carbons (Fsp3) is 0.600. The van der Waals surface area contributed by atoms with E-state index >= 15 is 0 Å². The van der Waals surface area contributed by atoms with Crippen molar-refractivity contribution < 1.29 is 0 Å². The van der Waals surface area contributed by atoms with Gasteiger partial charge in [0.1, 0.15) is 0 Å². The molecule has 0 saturated carbocycles. The molecule has 1 aliphatic rings. The first-order valence-corrected chi connectivity index (χ1v) is 6.76. The maximum absolute atomic E-state index is 6.07. The first-order chi connectivity index (χ1) is 8.50. The normalized spacial score (nSPS) is 25.8. The predicted octanol–water partition coefficient (Wildman–Crippen LogP) is 2.09. The van der Waals surface area contributed by atoms with Crippen LogP contribution in [0.2, 0.25) is 0 Å². The standard InChI is InChI=1S/C15H25N3/c1-11-9-18(10-15(11)17(3)4)14-8-6-5-7-13(14)12(2)16/h5-8,11-12,15H,9-10,16H2,1-4H3. The second-order valence-corrected chi connectivity index (χ2v) is 5.76. The fourth-order valence-corrected chi connectivity index (χ4v) is 2.98. The molecule has 18 heavy (non-hydrogen) atoms. The largest absolute Gasteiger partial charge is 0.369 e. The number of hydrogen-bond donors (Lipinski definition) is 1. The smallest absolute Gasteiger partial charge is 0.0415 e. The minimum absolute atomic E-state index is 0.0925. The number of likely N-dealkylation sites (N-methyl/N-ethyl adjacent to an activating group) is 1. The van der Waals surface area contributed by atoms with Gasteiger partial charge in [0.05, 0.1) is 0 Å². The van der Waals surface area contributed by atoms with E-state index in [0.717, 1.165) is 13.1 Å². The lowest BCUT2D eigenvalue weighted by atomic mass is 10.1. The van der Waals surface area contributed by atoms with Gasteiger partial charge in [-0.1, -0.05) is 25.1 Å². The van der Waals surface area contributed by atoms with Crippen LogP contribution in [0.1, 0.15) is 25.5 Å². The Labute approximate surface area is 111 Å². The maximum atomic E-state index is 6.07. The van der Waals surface area contributed by atoms with Crippen molar-refractivity contribution in [2.24, 2.45) is 11.7 Å². The molecule has 3 atom stereocenters. The summed E-state index contributed by atoms with van der Waals surface area (Å²) in [6.07, 6.45) is 0. The van der Waals surface area contributed by atoms with E-state index in [4.69, 9.17) is 5.73 Å².